The van der Waals surface area contributed by atoms with Crippen LogP contribution in [0.25, 0.3) is 10.9 Å². The maximum Gasteiger partial charge on any atom is 0.323 e. The second kappa shape index (κ2) is 6.30. The summed E-state index contributed by atoms with van der Waals surface area (Å²) in [7, 11) is 0. The fraction of sp³-hybridized carbons (Fsp3) is 0.111. The van der Waals surface area contributed by atoms with Gasteiger partial charge in [0.15, 0.2) is 5.78 Å². The van der Waals surface area contributed by atoms with Crippen molar-refractivity contribution in [3.8, 4) is 0 Å². The summed E-state index contributed by atoms with van der Waals surface area (Å²) in [5, 5.41) is 10.9. The lowest BCUT2D eigenvalue weighted by molar-refractivity contribution is -0.137. The Bertz CT molecular complexity index is 959. The van der Waals surface area contributed by atoms with E-state index in [2.05, 4.69) is 0 Å². The van der Waals surface area contributed by atoms with Crippen LogP contribution in [0.4, 0.5) is 0 Å². The van der Waals surface area contributed by atoms with E-state index in [0.29, 0.717) is 37.8 Å². The largest absolute Gasteiger partial charge is 0.480 e. The van der Waals surface area contributed by atoms with Crippen molar-refractivity contribution in [2.45, 2.75) is 13.5 Å². The molecule has 24 heavy (non-hydrogen) atoms. The standard InChI is InChI=1S/C18H13Cl2NO3/c1-10-17(18(24)11-2-4-12(19)5-3-11)14-7-6-13(20)8-15(14)21(10)9-16(22)23/h2-8H,9H2,1H3,(H,22,23). The van der Waals surface area contributed by atoms with E-state index in [4.69, 9.17) is 28.3 Å². The molecule has 0 fully saturated rings. The highest BCUT2D eigenvalue weighted by molar-refractivity contribution is 6.32. The van der Waals surface area contributed by atoms with Gasteiger partial charge in [0.25, 0.3) is 0 Å². The molecule has 0 aliphatic rings. The van der Waals surface area contributed by atoms with Gasteiger partial charge in [-0.25, -0.2) is 0 Å². The van der Waals surface area contributed by atoms with Gasteiger partial charge in [0, 0.05) is 26.7 Å². The van der Waals surface area contributed by atoms with Crippen LogP contribution in [-0.2, 0) is 11.3 Å². The Morgan fingerprint density at radius 3 is 2.29 bits per heavy atom. The molecule has 0 spiro atoms. The molecule has 0 bridgehead atoms. The Balaban J connectivity index is 2.24. The number of hydrogen-bond acceptors (Lipinski definition) is 2. The summed E-state index contributed by atoms with van der Waals surface area (Å²) in [5.41, 5.74) is 2.19. The fourth-order valence-electron chi connectivity index (χ4n) is 2.82. The molecule has 0 amide bonds. The van der Waals surface area contributed by atoms with E-state index in [-0.39, 0.29) is 12.3 Å². The van der Waals surface area contributed by atoms with Crippen LogP contribution in [0, 0.1) is 6.92 Å². The van der Waals surface area contributed by atoms with Crippen molar-refractivity contribution in [2.24, 2.45) is 0 Å². The summed E-state index contributed by atoms with van der Waals surface area (Å²) in [6.45, 7) is 1.50. The predicted molar refractivity (Wildman–Crippen MR) is 94.2 cm³/mol. The Morgan fingerprint density at radius 1 is 1.04 bits per heavy atom. The predicted octanol–water partition coefficient (Wildman–Crippen LogP) is 4.57. The number of aliphatic carboxylic acids is 1. The van der Waals surface area contributed by atoms with E-state index >= 15 is 0 Å². The number of carbonyl (C=O) groups excluding carboxylic acids is 1. The number of hydrogen-bond donors (Lipinski definition) is 1. The minimum absolute atomic E-state index is 0.180. The molecule has 0 radical (unpaired) electrons. The molecule has 4 nitrogen and oxygen atoms in total. The summed E-state index contributed by atoms with van der Waals surface area (Å²) in [6.07, 6.45) is 0. The third kappa shape index (κ3) is 2.90. The van der Waals surface area contributed by atoms with E-state index in [1.807, 2.05) is 0 Å². The first-order chi connectivity index (χ1) is 11.4. The molecule has 0 aliphatic heterocycles. The van der Waals surface area contributed by atoms with Crippen molar-refractivity contribution in [1.82, 2.24) is 4.57 Å². The van der Waals surface area contributed by atoms with Gasteiger partial charge in [0.05, 0.1) is 11.1 Å². The quantitative estimate of drug-likeness (QED) is 0.692. The zero-order valence-electron chi connectivity index (χ0n) is 12.7. The van der Waals surface area contributed by atoms with Crippen molar-refractivity contribution < 1.29 is 14.7 Å². The number of carboxylic acids is 1. The first kappa shape index (κ1) is 16.6. The van der Waals surface area contributed by atoms with E-state index in [9.17, 15) is 9.59 Å². The zero-order valence-corrected chi connectivity index (χ0v) is 14.2. The molecule has 0 unspecified atom stereocenters. The number of aromatic nitrogens is 1. The van der Waals surface area contributed by atoms with E-state index < -0.39 is 5.97 Å². The van der Waals surface area contributed by atoms with E-state index in [0.717, 1.165) is 0 Å². The second-order valence-electron chi connectivity index (χ2n) is 5.44. The third-order valence-corrected chi connectivity index (χ3v) is 4.40. The van der Waals surface area contributed by atoms with E-state index in [1.165, 1.54) is 0 Å². The van der Waals surface area contributed by atoms with Crippen molar-refractivity contribution in [3.63, 3.8) is 0 Å². The molecular formula is C18H13Cl2NO3. The van der Waals surface area contributed by atoms with Crippen LogP contribution >= 0.6 is 23.2 Å². The topological polar surface area (TPSA) is 59.3 Å². The zero-order chi connectivity index (χ0) is 17.4. The van der Waals surface area contributed by atoms with Crippen LogP contribution in [0.1, 0.15) is 21.6 Å². The van der Waals surface area contributed by atoms with Crippen LogP contribution < -0.4 is 0 Å². The van der Waals surface area contributed by atoms with Crippen LogP contribution in [0.3, 0.4) is 0 Å². The Morgan fingerprint density at radius 2 is 1.67 bits per heavy atom. The molecule has 0 saturated heterocycles. The number of benzene rings is 2. The maximum absolute atomic E-state index is 12.9. The molecule has 122 valence electrons. The minimum atomic E-state index is -0.986. The van der Waals surface area contributed by atoms with Gasteiger partial charge in [-0.1, -0.05) is 29.3 Å². The average Bonchev–Trinajstić information content (AvgIpc) is 2.79. The lowest BCUT2D eigenvalue weighted by atomic mass is 10.0. The summed E-state index contributed by atoms with van der Waals surface area (Å²) in [4.78, 5) is 24.1. The minimum Gasteiger partial charge on any atom is -0.480 e. The van der Waals surface area contributed by atoms with Crippen LogP contribution in [0.15, 0.2) is 42.5 Å². The first-order valence-corrected chi connectivity index (χ1v) is 7.94. The highest BCUT2D eigenvalue weighted by Gasteiger charge is 2.22. The van der Waals surface area contributed by atoms with Gasteiger partial charge >= 0.3 is 5.97 Å². The molecule has 0 atom stereocenters. The van der Waals surface area contributed by atoms with Crippen LogP contribution in [0.2, 0.25) is 10.0 Å². The highest BCUT2D eigenvalue weighted by atomic mass is 35.5. The average molecular weight is 362 g/mol. The molecule has 1 heterocycles. The maximum atomic E-state index is 12.9. The molecule has 3 aromatic rings. The van der Waals surface area contributed by atoms with Gasteiger partial charge in [-0.3, -0.25) is 9.59 Å². The SMILES string of the molecule is Cc1c(C(=O)c2ccc(Cl)cc2)c2ccc(Cl)cc2n1CC(=O)O. The van der Waals surface area contributed by atoms with Crippen molar-refractivity contribution in [2.75, 3.05) is 0 Å². The molecule has 2 aromatic carbocycles. The van der Waals surface area contributed by atoms with Gasteiger partial charge in [-0.05, 0) is 43.3 Å². The molecule has 1 N–H and O–H groups in total. The van der Waals surface area contributed by atoms with Gasteiger partial charge in [0.1, 0.15) is 6.54 Å². The van der Waals surface area contributed by atoms with Gasteiger partial charge in [0.2, 0.25) is 0 Å². The molecular weight excluding hydrogens is 349 g/mol. The van der Waals surface area contributed by atoms with Crippen molar-refractivity contribution in [1.29, 1.82) is 0 Å². The fourth-order valence-corrected chi connectivity index (χ4v) is 3.11. The Hall–Kier alpha value is -2.30. The summed E-state index contributed by atoms with van der Waals surface area (Å²) < 4.78 is 1.59. The summed E-state index contributed by atoms with van der Waals surface area (Å²) in [5.74, 6) is -1.17. The normalized spacial score (nSPS) is 11.0. The number of carbonyl (C=O) groups is 2. The lowest BCUT2D eigenvalue weighted by Gasteiger charge is -2.05. The lowest BCUT2D eigenvalue weighted by Crippen LogP contribution is -2.11. The smallest absolute Gasteiger partial charge is 0.323 e. The van der Waals surface area contributed by atoms with E-state index in [1.54, 1.807) is 54.0 Å². The monoisotopic (exact) mass is 361 g/mol. The van der Waals surface area contributed by atoms with Gasteiger partial charge in [-0.15, -0.1) is 0 Å². The van der Waals surface area contributed by atoms with Gasteiger partial charge in [-0.2, -0.15) is 0 Å². The van der Waals surface area contributed by atoms with Crippen molar-refractivity contribution >= 4 is 45.9 Å². The third-order valence-electron chi connectivity index (χ3n) is 3.91. The molecule has 0 aliphatic carbocycles. The number of rotatable bonds is 4. The van der Waals surface area contributed by atoms with Crippen molar-refractivity contribution in [3.05, 3.63) is 69.3 Å². The molecule has 3 rings (SSSR count). The van der Waals surface area contributed by atoms with Gasteiger partial charge < -0.3 is 9.67 Å². The van der Waals surface area contributed by atoms with Crippen LogP contribution in [0.5, 0.6) is 0 Å². The van der Waals surface area contributed by atoms with Crippen LogP contribution in [-0.4, -0.2) is 21.4 Å². The number of fused-ring (bicyclic) bond motifs is 1. The number of ketones is 1. The summed E-state index contributed by atoms with van der Waals surface area (Å²) in [6, 6.07) is 11.7. The summed E-state index contributed by atoms with van der Waals surface area (Å²) >= 11 is 11.9. The molecule has 6 heteroatoms. The Kier molecular flexibility index (Phi) is 4.35. The Labute approximate surface area is 148 Å². The number of nitrogens with zero attached hydrogens (tertiary/aromatic N) is 1. The molecule has 1 aromatic heterocycles. The number of carboxylic acid groups (broad SMARTS) is 1. The second-order valence-corrected chi connectivity index (χ2v) is 6.31. The molecule has 0 saturated carbocycles. The highest BCUT2D eigenvalue weighted by Crippen LogP contribution is 2.30. The first-order valence-electron chi connectivity index (χ1n) is 7.19. The number of halogens is 2.